The molecule has 1 fully saturated rings. The minimum absolute atomic E-state index is 0.0112. The Labute approximate surface area is 159 Å². The predicted molar refractivity (Wildman–Crippen MR) is 100 cm³/mol. The second-order valence-corrected chi connectivity index (χ2v) is 6.77. The van der Waals surface area contributed by atoms with Crippen LogP contribution in [0.5, 0.6) is 0 Å². The van der Waals surface area contributed by atoms with Crippen LogP contribution in [0.4, 0.5) is 4.79 Å². The monoisotopic (exact) mass is 373 g/mol. The van der Waals surface area contributed by atoms with Crippen molar-refractivity contribution in [2.45, 2.75) is 46.1 Å². The maximum absolute atomic E-state index is 12.4. The molecule has 7 heteroatoms. The second-order valence-electron chi connectivity index (χ2n) is 6.77. The van der Waals surface area contributed by atoms with Gasteiger partial charge in [0.05, 0.1) is 6.54 Å². The van der Waals surface area contributed by atoms with Crippen molar-refractivity contribution < 1.29 is 19.2 Å². The predicted octanol–water partition coefficient (Wildman–Crippen LogP) is 2.31. The third-order valence-electron chi connectivity index (χ3n) is 4.75. The molecule has 27 heavy (non-hydrogen) atoms. The maximum atomic E-state index is 12.4. The van der Waals surface area contributed by atoms with Gasteiger partial charge in [-0.05, 0) is 17.9 Å². The highest BCUT2D eigenvalue weighted by molar-refractivity contribution is 6.44. The number of amides is 5. The van der Waals surface area contributed by atoms with Crippen LogP contribution in [-0.4, -0.2) is 46.6 Å². The van der Waals surface area contributed by atoms with Crippen LogP contribution in [0.1, 0.15) is 45.1 Å². The molecule has 1 heterocycles. The van der Waals surface area contributed by atoms with Gasteiger partial charge in [0.1, 0.15) is 6.54 Å². The SMILES string of the molecule is CCCC[C@H](CC)CNC(=O)CN1C(=O)C(=O)N(Cc2ccccc2)C1=O. The lowest BCUT2D eigenvalue weighted by Gasteiger charge is -2.18. The fraction of sp³-hybridized carbons (Fsp3) is 0.500. The molecule has 0 aliphatic carbocycles. The Balaban J connectivity index is 1.92. The number of benzene rings is 1. The van der Waals surface area contributed by atoms with Crippen molar-refractivity contribution in [1.82, 2.24) is 15.1 Å². The first-order chi connectivity index (χ1) is 13.0. The van der Waals surface area contributed by atoms with E-state index in [-0.39, 0.29) is 6.54 Å². The summed E-state index contributed by atoms with van der Waals surface area (Å²) >= 11 is 0. The van der Waals surface area contributed by atoms with Crippen LogP contribution in [0.25, 0.3) is 0 Å². The Morgan fingerprint density at radius 1 is 1.04 bits per heavy atom. The normalized spacial score (nSPS) is 15.4. The van der Waals surface area contributed by atoms with Gasteiger partial charge in [0.25, 0.3) is 0 Å². The van der Waals surface area contributed by atoms with E-state index < -0.39 is 30.3 Å². The molecule has 0 bridgehead atoms. The molecule has 146 valence electrons. The summed E-state index contributed by atoms with van der Waals surface area (Å²) in [7, 11) is 0. The Morgan fingerprint density at radius 3 is 2.33 bits per heavy atom. The lowest BCUT2D eigenvalue weighted by Crippen LogP contribution is -2.42. The van der Waals surface area contributed by atoms with Crippen molar-refractivity contribution in [3.8, 4) is 0 Å². The first-order valence-electron chi connectivity index (χ1n) is 9.45. The van der Waals surface area contributed by atoms with E-state index >= 15 is 0 Å². The lowest BCUT2D eigenvalue weighted by atomic mass is 9.99. The van der Waals surface area contributed by atoms with E-state index in [9.17, 15) is 19.2 Å². The summed E-state index contributed by atoms with van der Waals surface area (Å²) < 4.78 is 0. The molecule has 1 aliphatic rings. The van der Waals surface area contributed by atoms with E-state index in [0.717, 1.165) is 36.1 Å². The summed E-state index contributed by atoms with van der Waals surface area (Å²) in [6, 6.07) is 8.18. The highest BCUT2D eigenvalue weighted by Gasteiger charge is 2.45. The van der Waals surface area contributed by atoms with Gasteiger partial charge in [-0.1, -0.05) is 63.4 Å². The fourth-order valence-corrected chi connectivity index (χ4v) is 3.00. The van der Waals surface area contributed by atoms with Gasteiger partial charge < -0.3 is 5.32 Å². The van der Waals surface area contributed by atoms with Crippen molar-refractivity contribution in [2.75, 3.05) is 13.1 Å². The largest absolute Gasteiger partial charge is 0.354 e. The lowest BCUT2D eigenvalue weighted by molar-refractivity contribution is -0.144. The van der Waals surface area contributed by atoms with Crippen molar-refractivity contribution in [2.24, 2.45) is 5.92 Å². The summed E-state index contributed by atoms with van der Waals surface area (Å²) in [6.07, 6.45) is 4.17. The molecule has 1 aromatic rings. The average molecular weight is 373 g/mol. The zero-order chi connectivity index (χ0) is 19.8. The van der Waals surface area contributed by atoms with Crippen LogP contribution in [0.2, 0.25) is 0 Å². The van der Waals surface area contributed by atoms with Gasteiger partial charge in [0.15, 0.2) is 0 Å². The van der Waals surface area contributed by atoms with Crippen LogP contribution in [0.3, 0.4) is 0 Å². The van der Waals surface area contributed by atoms with Crippen LogP contribution in [0.15, 0.2) is 30.3 Å². The first-order valence-corrected chi connectivity index (χ1v) is 9.45. The third-order valence-corrected chi connectivity index (χ3v) is 4.75. The number of carbonyl (C=O) groups is 4. The summed E-state index contributed by atoms with van der Waals surface area (Å²) in [5, 5.41) is 2.78. The Bertz CT molecular complexity index is 690. The zero-order valence-electron chi connectivity index (χ0n) is 15.9. The summed E-state index contributed by atoms with van der Waals surface area (Å²) in [5.41, 5.74) is 0.736. The number of rotatable bonds is 10. The number of urea groups is 1. The molecule has 7 nitrogen and oxygen atoms in total. The molecule has 0 radical (unpaired) electrons. The fourth-order valence-electron chi connectivity index (χ4n) is 3.00. The van der Waals surface area contributed by atoms with E-state index in [1.165, 1.54) is 0 Å². The number of nitrogens with zero attached hydrogens (tertiary/aromatic N) is 2. The highest BCUT2D eigenvalue weighted by atomic mass is 16.2. The Morgan fingerprint density at radius 2 is 1.70 bits per heavy atom. The quantitative estimate of drug-likeness (QED) is 0.504. The van der Waals surface area contributed by atoms with Gasteiger partial charge in [-0.15, -0.1) is 0 Å². The molecule has 1 saturated heterocycles. The van der Waals surface area contributed by atoms with Gasteiger partial charge in [-0.25, -0.2) is 9.69 Å². The van der Waals surface area contributed by atoms with Gasteiger partial charge in [0.2, 0.25) is 5.91 Å². The molecule has 0 aromatic heterocycles. The standard InChI is InChI=1S/C20H27N3O4/c1-3-5-9-15(4-2)12-21-17(24)14-23-19(26)18(25)22(20(23)27)13-16-10-7-6-8-11-16/h6-8,10-11,15H,3-5,9,12-14H2,1-2H3,(H,21,24)/t15-/m0/s1. The Hall–Kier alpha value is -2.70. The van der Waals surface area contributed by atoms with Crippen LogP contribution in [0, 0.1) is 5.92 Å². The molecular formula is C20H27N3O4. The minimum atomic E-state index is -0.955. The van der Waals surface area contributed by atoms with Crippen LogP contribution < -0.4 is 5.32 Å². The van der Waals surface area contributed by atoms with E-state index in [4.69, 9.17) is 0 Å². The number of unbranched alkanes of at least 4 members (excludes halogenated alkanes) is 1. The van der Waals surface area contributed by atoms with Crippen LogP contribution >= 0.6 is 0 Å². The molecule has 0 spiro atoms. The molecule has 1 N–H and O–H groups in total. The van der Waals surface area contributed by atoms with E-state index in [0.29, 0.717) is 17.4 Å². The molecule has 0 unspecified atom stereocenters. The van der Waals surface area contributed by atoms with Crippen molar-refractivity contribution in [3.63, 3.8) is 0 Å². The maximum Gasteiger partial charge on any atom is 0.335 e. The minimum Gasteiger partial charge on any atom is -0.354 e. The van der Waals surface area contributed by atoms with Crippen molar-refractivity contribution >= 4 is 23.8 Å². The van der Waals surface area contributed by atoms with E-state index in [2.05, 4.69) is 19.2 Å². The number of carbonyl (C=O) groups excluding carboxylic acids is 4. The van der Waals surface area contributed by atoms with Gasteiger partial charge in [-0.3, -0.25) is 19.3 Å². The van der Waals surface area contributed by atoms with Gasteiger partial charge >= 0.3 is 17.8 Å². The van der Waals surface area contributed by atoms with Crippen LogP contribution in [-0.2, 0) is 20.9 Å². The summed E-state index contributed by atoms with van der Waals surface area (Å²) in [6.45, 7) is 4.28. The highest BCUT2D eigenvalue weighted by Crippen LogP contribution is 2.16. The van der Waals surface area contributed by atoms with E-state index in [1.807, 2.05) is 6.07 Å². The van der Waals surface area contributed by atoms with Gasteiger partial charge in [-0.2, -0.15) is 0 Å². The van der Waals surface area contributed by atoms with Crippen molar-refractivity contribution in [1.29, 1.82) is 0 Å². The number of imide groups is 2. The molecule has 1 atom stereocenters. The molecule has 0 saturated carbocycles. The molecule has 1 aromatic carbocycles. The van der Waals surface area contributed by atoms with Gasteiger partial charge in [0, 0.05) is 6.54 Å². The summed E-state index contributed by atoms with van der Waals surface area (Å²) in [4.78, 5) is 50.4. The molecular weight excluding hydrogens is 346 g/mol. The molecule has 1 aliphatic heterocycles. The molecule has 5 amide bonds. The smallest absolute Gasteiger partial charge is 0.335 e. The van der Waals surface area contributed by atoms with Crippen molar-refractivity contribution in [3.05, 3.63) is 35.9 Å². The topological polar surface area (TPSA) is 86.8 Å². The first kappa shape index (κ1) is 20.6. The number of hydrogen-bond donors (Lipinski definition) is 1. The summed E-state index contributed by atoms with van der Waals surface area (Å²) in [5.74, 6) is -1.91. The third kappa shape index (κ3) is 5.39. The zero-order valence-corrected chi connectivity index (χ0v) is 15.9. The Kier molecular flexibility index (Phi) is 7.52. The number of hydrogen-bond acceptors (Lipinski definition) is 4. The second kappa shape index (κ2) is 9.85. The molecule has 2 rings (SSSR count). The number of nitrogens with one attached hydrogen (secondary N) is 1. The average Bonchev–Trinajstić information content (AvgIpc) is 2.87. The van der Waals surface area contributed by atoms with E-state index in [1.54, 1.807) is 24.3 Å².